The standard InChI is InChI=1S/C16H25N3O/c1-17-15-11-13-6-5-7-14(10-13)12-19(16(15)20)18-8-3-2-4-9-18/h5-7,14-15,17H,2-4,8-12H2,1H3/t14?,15-/m1/s1. The number of nitrogens with one attached hydrogen (secondary N) is 1. The highest BCUT2D eigenvalue weighted by Gasteiger charge is 2.33. The Labute approximate surface area is 121 Å². The Hall–Kier alpha value is -1.13. The van der Waals surface area contributed by atoms with Gasteiger partial charge in [-0.1, -0.05) is 30.2 Å². The number of nitrogens with zero attached hydrogens (tertiary/aromatic N) is 2. The summed E-state index contributed by atoms with van der Waals surface area (Å²) in [5.74, 6) is 0.735. The third-order valence-electron chi connectivity index (χ3n) is 4.69. The second-order valence-corrected chi connectivity index (χ2v) is 6.15. The van der Waals surface area contributed by atoms with Crippen LogP contribution in [0.5, 0.6) is 0 Å². The van der Waals surface area contributed by atoms with Crippen molar-refractivity contribution < 1.29 is 4.79 Å². The van der Waals surface area contributed by atoms with Crippen molar-refractivity contribution in [2.75, 3.05) is 26.7 Å². The highest BCUT2D eigenvalue weighted by atomic mass is 16.2. The number of fused-ring (bicyclic) bond motifs is 2. The Morgan fingerprint density at radius 1 is 1.20 bits per heavy atom. The highest BCUT2D eigenvalue weighted by Crippen LogP contribution is 2.28. The number of likely N-dealkylation sites (N-methyl/N-ethyl adjacent to an activating group) is 1. The molecule has 1 unspecified atom stereocenters. The maximum atomic E-state index is 12.8. The molecule has 0 saturated carbocycles. The molecule has 4 nitrogen and oxygen atoms in total. The van der Waals surface area contributed by atoms with Gasteiger partial charge in [0.1, 0.15) is 0 Å². The van der Waals surface area contributed by atoms with E-state index in [9.17, 15) is 4.79 Å². The van der Waals surface area contributed by atoms with Gasteiger partial charge in [0.15, 0.2) is 0 Å². The van der Waals surface area contributed by atoms with Gasteiger partial charge in [-0.15, -0.1) is 0 Å². The average Bonchev–Trinajstić information content (AvgIpc) is 2.50. The van der Waals surface area contributed by atoms with Gasteiger partial charge in [-0.25, -0.2) is 5.01 Å². The van der Waals surface area contributed by atoms with E-state index in [1.807, 2.05) is 12.1 Å². The molecule has 2 bridgehead atoms. The second-order valence-electron chi connectivity index (χ2n) is 6.15. The zero-order valence-electron chi connectivity index (χ0n) is 12.3. The van der Waals surface area contributed by atoms with E-state index in [0.717, 1.165) is 32.5 Å². The Kier molecular flexibility index (Phi) is 4.22. The number of hydrazine groups is 1. The van der Waals surface area contributed by atoms with E-state index in [-0.39, 0.29) is 11.9 Å². The lowest BCUT2D eigenvalue weighted by molar-refractivity contribution is -0.155. The van der Waals surface area contributed by atoms with Gasteiger partial charge in [-0.05, 0) is 32.7 Å². The Balaban J connectivity index is 1.81. The first-order chi connectivity index (χ1) is 9.78. The van der Waals surface area contributed by atoms with Crippen molar-refractivity contribution in [3.8, 4) is 0 Å². The van der Waals surface area contributed by atoms with Gasteiger partial charge in [0, 0.05) is 25.6 Å². The molecule has 2 atom stereocenters. The predicted molar refractivity (Wildman–Crippen MR) is 79.9 cm³/mol. The van der Waals surface area contributed by atoms with E-state index >= 15 is 0 Å². The van der Waals surface area contributed by atoms with Crippen LogP contribution >= 0.6 is 0 Å². The smallest absolute Gasteiger partial charge is 0.254 e. The maximum absolute atomic E-state index is 12.8. The SMILES string of the molecule is CN[C@@H]1CC2=CC=CC(C2)CN(N2CCCCC2)C1=O. The number of carbonyl (C=O) groups is 1. The highest BCUT2D eigenvalue weighted by molar-refractivity contribution is 5.82. The Bertz CT molecular complexity index is 423. The van der Waals surface area contributed by atoms with Crippen LogP contribution in [-0.4, -0.2) is 48.6 Å². The number of rotatable bonds is 2. The molecule has 2 fully saturated rings. The van der Waals surface area contributed by atoms with Crippen LogP contribution in [0.3, 0.4) is 0 Å². The lowest BCUT2D eigenvalue weighted by Crippen LogP contribution is -2.57. The normalized spacial score (nSPS) is 31.8. The average molecular weight is 275 g/mol. The van der Waals surface area contributed by atoms with E-state index in [4.69, 9.17) is 0 Å². The summed E-state index contributed by atoms with van der Waals surface area (Å²) in [6, 6.07) is -0.0735. The first kappa shape index (κ1) is 13.8. The molecule has 3 rings (SSSR count). The Morgan fingerprint density at radius 3 is 2.75 bits per heavy atom. The van der Waals surface area contributed by atoms with E-state index in [1.54, 1.807) is 0 Å². The molecule has 2 saturated heterocycles. The van der Waals surface area contributed by atoms with Gasteiger partial charge in [0.25, 0.3) is 5.91 Å². The molecule has 4 heteroatoms. The van der Waals surface area contributed by atoms with Crippen LogP contribution in [0.15, 0.2) is 23.8 Å². The van der Waals surface area contributed by atoms with Crippen molar-refractivity contribution >= 4 is 5.91 Å². The molecule has 110 valence electrons. The van der Waals surface area contributed by atoms with Crippen molar-refractivity contribution in [1.29, 1.82) is 0 Å². The van der Waals surface area contributed by atoms with Crippen LogP contribution in [0.1, 0.15) is 32.1 Å². The van der Waals surface area contributed by atoms with E-state index in [1.165, 1.54) is 24.8 Å². The third kappa shape index (κ3) is 2.81. The number of allylic oxidation sites excluding steroid dienone is 2. The van der Waals surface area contributed by atoms with Crippen LogP contribution in [0, 0.1) is 5.92 Å². The van der Waals surface area contributed by atoms with Crippen LogP contribution in [-0.2, 0) is 4.79 Å². The van der Waals surface area contributed by atoms with E-state index in [0.29, 0.717) is 5.92 Å². The van der Waals surface area contributed by atoms with Crippen LogP contribution < -0.4 is 5.32 Å². The zero-order valence-corrected chi connectivity index (χ0v) is 12.3. The number of carbonyl (C=O) groups excluding carboxylic acids is 1. The lowest BCUT2D eigenvalue weighted by atomic mass is 9.88. The predicted octanol–water partition coefficient (Wildman–Crippen LogP) is 1.71. The summed E-state index contributed by atoms with van der Waals surface area (Å²) in [5, 5.41) is 7.54. The van der Waals surface area contributed by atoms with Gasteiger partial charge < -0.3 is 5.32 Å². The molecule has 0 spiro atoms. The Morgan fingerprint density at radius 2 is 2.00 bits per heavy atom. The van der Waals surface area contributed by atoms with Crippen molar-refractivity contribution in [1.82, 2.24) is 15.3 Å². The topological polar surface area (TPSA) is 35.6 Å². The van der Waals surface area contributed by atoms with Crippen molar-refractivity contribution in [3.05, 3.63) is 23.8 Å². The minimum absolute atomic E-state index is 0.0735. The largest absolute Gasteiger partial charge is 0.309 e. The molecule has 2 heterocycles. The molecule has 1 amide bonds. The molecular weight excluding hydrogens is 250 g/mol. The molecular formula is C16H25N3O. The number of hydrogen-bond donors (Lipinski definition) is 1. The molecule has 3 aliphatic rings. The fourth-order valence-electron chi connectivity index (χ4n) is 3.54. The molecule has 2 aliphatic heterocycles. The summed E-state index contributed by atoms with van der Waals surface area (Å²) in [6.07, 6.45) is 12.3. The second kappa shape index (κ2) is 6.10. The summed E-state index contributed by atoms with van der Waals surface area (Å²) in [7, 11) is 1.90. The van der Waals surface area contributed by atoms with Gasteiger partial charge in [-0.3, -0.25) is 9.80 Å². The zero-order chi connectivity index (χ0) is 13.9. The maximum Gasteiger partial charge on any atom is 0.254 e. The van der Waals surface area contributed by atoms with Crippen LogP contribution in [0.4, 0.5) is 0 Å². The molecule has 0 radical (unpaired) electrons. The third-order valence-corrected chi connectivity index (χ3v) is 4.69. The molecule has 1 aliphatic carbocycles. The minimum Gasteiger partial charge on any atom is -0.309 e. The lowest BCUT2D eigenvalue weighted by Gasteiger charge is -2.42. The first-order valence-electron chi connectivity index (χ1n) is 7.87. The fourth-order valence-corrected chi connectivity index (χ4v) is 3.54. The first-order valence-corrected chi connectivity index (χ1v) is 7.87. The quantitative estimate of drug-likeness (QED) is 0.833. The van der Waals surface area contributed by atoms with Crippen LogP contribution in [0.25, 0.3) is 0 Å². The van der Waals surface area contributed by atoms with Crippen LogP contribution in [0.2, 0.25) is 0 Å². The summed E-state index contributed by atoms with van der Waals surface area (Å²) in [6.45, 7) is 2.90. The minimum atomic E-state index is -0.0735. The van der Waals surface area contributed by atoms with Crippen molar-refractivity contribution in [3.63, 3.8) is 0 Å². The molecule has 0 aromatic rings. The number of hydrogen-bond acceptors (Lipinski definition) is 3. The van der Waals surface area contributed by atoms with Crippen molar-refractivity contribution in [2.24, 2.45) is 5.92 Å². The van der Waals surface area contributed by atoms with Gasteiger partial charge >= 0.3 is 0 Å². The molecule has 20 heavy (non-hydrogen) atoms. The fraction of sp³-hybridized carbons (Fsp3) is 0.688. The number of amides is 1. The van der Waals surface area contributed by atoms with E-state index < -0.39 is 0 Å². The van der Waals surface area contributed by atoms with Gasteiger partial charge in [0.2, 0.25) is 0 Å². The molecule has 0 aromatic carbocycles. The summed E-state index contributed by atoms with van der Waals surface area (Å²) in [5.41, 5.74) is 1.41. The number of piperidine rings is 1. The molecule has 1 N–H and O–H groups in total. The summed E-state index contributed by atoms with van der Waals surface area (Å²) >= 11 is 0. The summed E-state index contributed by atoms with van der Waals surface area (Å²) in [4.78, 5) is 12.8. The monoisotopic (exact) mass is 275 g/mol. The summed E-state index contributed by atoms with van der Waals surface area (Å²) < 4.78 is 0. The van der Waals surface area contributed by atoms with Gasteiger partial charge in [0.05, 0.1) is 6.04 Å². The van der Waals surface area contributed by atoms with Gasteiger partial charge in [-0.2, -0.15) is 0 Å². The molecule has 0 aromatic heterocycles. The van der Waals surface area contributed by atoms with Crippen molar-refractivity contribution in [2.45, 2.75) is 38.1 Å². The van der Waals surface area contributed by atoms with E-state index in [2.05, 4.69) is 28.6 Å².